The standard InChI is InChI=1S/C65H79F2N13O11/c1-5-79(6-2)62(88)47-29-44-19-20-46(31-52(44)76-54(68)33-47)61(87)75-50-30-48-36-78(28-25-51(48)71-34-50)35-41-13-17-43(18-14-41)59(85)72-38-65(66,67)39-73-64(90)91-37-42-15-21-49(22-16-42)74-60(86)45(11-10-26-70-63(69)89)32-53(81)58(40(3)4)77-55(82)12-8-7-9-27-80-56(83)23-24-57(80)84/h13-24,29-31,34,40,45,58H,5-12,25-28,32-33,35-39H2,1-4H3,(H2,68,76)(H,72,85)(H,73,90)(H,74,86)(H,75,87)(H,77,82)(H3,69,70,89)/t45-,58+/m1/s1. The number of halogens is 2. The molecule has 0 saturated heterocycles. The van der Waals surface area contributed by atoms with Gasteiger partial charge in [-0.3, -0.25) is 53.1 Å². The number of alkyl carbamates (subject to hydrolysis) is 1. The number of benzene rings is 3. The zero-order valence-corrected chi connectivity index (χ0v) is 51.5. The molecule has 3 aliphatic rings. The van der Waals surface area contributed by atoms with E-state index >= 15 is 0 Å². The van der Waals surface area contributed by atoms with Gasteiger partial charge in [0, 0.05) is 123 Å². The number of likely N-dealkylation sites (N-methyl/N-ethyl adjacent to an activating group) is 1. The van der Waals surface area contributed by atoms with E-state index in [-0.39, 0.29) is 98.0 Å². The third kappa shape index (κ3) is 20.7. The Bertz CT molecular complexity index is 3420. The third-order valence-electron chi connectivity index (χ3n) is 15.5. The van der Waals surface area contributed by atoms with Crippen molar-refractivity contribution in [3.05, 3.63) is 136 Å². The van der Waals surface area contributed by atoms with E-state index < -0.39 is 54.9 Å². The Labute approximate surface area is 526 Å². The van der Waals surface area contributed by atoms with Gasteiger partial charge in [-0.2, -0.15) is 0 Å². The summed E-state index contributed by atoms with van der Waals surface area (Å²) in [4.78, 5) is 141. The molecule has 4 heterocycles. The lowest BCUT2D eigenvalue weighted by atomic mass is 9.89. The minimum Gasteiger partial charge on any atom is -0.445 e. The number of pyridine rings is 1. The fraction of sp³-hybridized carbons (Fsp3) is 0.415. The van der Waals surface area contributed by atoms with Gasteiger partial charge in [0.05, 0.1) is 36.7 Å². The minimum atomic E-state index is -3.55. The number of nitrogens with one attached hydrogen (secondary N) is 6. The molecule has 0 radical (unpaired) electrons. The van der Waals surface area contributed by atoms with Gasteiger partial charge in [0.2, 0.25) is 17.7 Å². The Hall–Kier alpha value is -9.72. The molecule has 484 valence electrons. The summed E-state index contributed by atoms with van der Waals surface area (Å²) in [6.45, 7) is 8.04. The van der Waals surface area contributed by atoms with Crippen molar-refractivity contribution in [1.82, 2.24) is 41.0 Å². The van der Waals surface area contributed by atoms with Crippen LogP contribution in [0.25, 0.3) is 6.08 Å². The number of anilines is 2. The number of aliphatic imine (C=N–C) groups is 1. The zero-order valence-electron chi connectivity index (χ0n) is 51.5. The predicted octanol–water partition coefficient (Wildman–Crippen LogP) is 6.42. The van der Waals surface area contributed by atoms with Crippen molar-refractivity contribution in [2.24, 2.45) is 28.3 Å². The molecule has 7 rings (SSSR count). The number of carbonyl (C=O) groups excluding carboxylic acids is 10. The van der Waals surface area contributed by atoms with Gasteiger partial charge < -0.3 is 53.0 Å². The highest BCUT2D eigenvalue weighted by Crippen LogP contribution is 2.30. The van der Waals surface area contributed by atoms with Crippen molar-refractivity contribution in [1.29, 1.82) is 0 Å². The molecule has 26 heteroatoms. The molecule has 10 N–H and O–H groups in total. The fourth-order valence-electron chi connectivity index (χ4n) is 10.5. The van der Waals surface area contributed by atoms with Crippen LogP contribution in [0.3, 0.4) is 0 Å². The van der Waals surface area contributed by atoms with E-state index in [1.807, 2.05) is 25.2 Å². The monoisotopic (exact) mass is 1260 g/mol. The predicted molar refractivity (Wildman–Crippen MR) is 336 cm³/mol. The Morgan fingerprint density at radius 2 is 1.48 bits per heavy atom. The number of ketones is 1. The van der Waals surface area contributed by atoms with Crippen molar-refractivity contribution in [2.75, 3.05) is 56.4 Å². The van der Waals surface area contributed by atoms with Crippen LogP contribution >= 0.6 is 0 Å². The summed E-state index contributed by atoms with van der Waals surface area (Å²) in [7, 11) is 0. The second kappa shape index (κ2) is 32.7. The Kier molecular flexibility index (Phi) is 24.7. The summed E-state index contributed by atoms with van der Waals surface area (Å²) >= 11 is 0. The quantitative estimate of drug-likeness (QED) is 0.0199. The van der Waals surface area contributed by atoms with Crippen molar-refractivity contribution in [3.8, 4) is 0 Å². The summed E-state index contributed by atoms with van der Waals surface area (Å²) in [5.41, 5.74) is 17.6. The van der Waals surface area contributed by atoms with Crippen molar-refractivity contribution >= 4 is 88.2 Å². The number of rotatable bonds is 31. The smallest absolute Gasteiger partial charge is 0.407 e. The number of amidine groups is 1. The van der Waals surface area contributed by atoms with Crippen LogP contribution in [-0.2, 0) is 59.6 Å². The number of aromatic nitrogens is 1. The van der Waals surface area contributed by atoms with Crippen LogP contribution in [0, 0.1) is 11.8 Å². The summed E-state index contributed by atoms with van der Waals surface area (Å²) in [6, 6.07) is 18.0. The third-order valence-corrected chi connectivity index (χ3v) is 15.5. The maximum atomic E-state index is 15.0. The maximum absolute atomic E-state index is 15.0. The van der Waals surface area contributed by atoms with Gasteiger partial charge in [-0.15, -0.1) is 0 Å². The number of hydrogen-bond acceptors (Lipinski definition) is 15. The van der Waals surface area contributed by atoms with Crippen molar-refractivity contribution in [3.63, 3.8) is 0 Å². The SMILES string of the molecule is CCN(CC)C(=O)C1=Cc2ccc(C(=O)Nc3cnc4c(c3)CN(Cc3ccc(C(=O)NCC(F)(F)CNC(=O)OCc5ccc(NC(=O)[C@H](CCCNC(N)=O)CC(=O)[C@@H](NC(=O)CCCCCN6C(=O)C=CC6=O)C(C)C)cc5)cc3)CC4)cc2N=C(N)C1. The molecule has 3 aliphatic heterocycles. The number of imide groups is 1. The molecule has 3 aromatic carbocycles. The molecule has 0 saturated carbocycles. The molecule has 0 fully saturated rings. The van der Waals surface area contributed by atoms with E-state index in [0.29, 0.717) is 104 Å². The molecule has 2 atom stereocenters. The van der Waals surface area contributed by atoms with Gasteiger partial charge in [-0.25, -0.2) is 23.4 Å². The maximum Gasteiger partial charge on any atom is 0.407 e. The Balaban J connectivity index is 0.814. The van der Waals surface area contributed by atoms with E-state index in [1.54, 1.807) is 61.4 Å². The highest BCUT2D eigenvalue weighted by molar-refractivity contribution is 6.13. The number of hydrogen-bond donors (Lipinski definition) is 8. The highest BCUT2D eigenvalue weighted by Gasteiger charge is 2.32. The molecule has 4 aromatic rings. The number of fused-ring (bicyclic) bond motifs is 2. The summed E-state index contributed by atoms with van der Waals surface area (Å²) < 4.78 is 35.1. The largest absolute Gasteiger partial charge is 0.445 e. The van der Waals surface area contributed by atoms with Gasteiger partial charge in [0.1, 0.15) is 12.4 Å². The molecule has 1 aromatic heterocycles. The zero-order chi connectivity index (χ0) is 65.8. The second-order valence-corrected chi connectivity index (χ2v) is 22.9. The number of ether oxygens (including phenoxy) is 1. The Morgan fingerprint density at radius 1 is 0.791 bits per heavy atom. The van der Waals surface area contributed by atoms with Crippen molar-refractivity contribution < 1.29 is 61.5 Å². The summed E-state index contributed by atoms with van der Waals surface area (Å²) in [6.07, 6.45) is 7.39. The van der Waals surface area contributed by atoms with Gasteiger partial charge in [0.15, 0.2) is 5.78 Å². The number of urea groups is 1. The summed E-state index contributed by atoms with van der Waals surface area (Å²) in [5.74, 6) is -7.71. The van der Waals surface area contributed by atoms with Crippen LogP contribution in [0.15, 0.2) is 102 Å². The topological polar surface area (TPSA) is 339 Å². The van der Waals surface area contributed by atoms with E-state index in [9.17, 15) is 56.7 Å². The first kappa shape index (κ1) is 68.8. The van der Waals surface area contributed by atoms with Gasteiger partial charge in [-0.05, 0) is 111 Å². The van der Waals surface area contributed by atoms with Crippen LogP contribution in [0.4, 0.5) is 35.4 Å². The molecule has 0 bridgehead atoms. The number of alkyl halides is 2. The van der Waals surface area contributed by atoms with Crippen molar-refractivity contribution in [2.45, 2.75) is 117 Å². The van der Waals surface area contributed by atoms with Crippen LogP contribution in [0.5, 0.6) is 0 Å². The second-order valence-electron chi connectivity index (χ2n) is 22.9. The lowest BCUT2D eigenvalue weighted by Gasteiger charge is -2.28. The average Bonchev–Trinajstić information content (AvgIpc) is 1.92. The lowest BCUT2D eigenvalue weighted by molar-refractivity contribution is -0.137. The molecule has 0 spiro atoms. The van der Waals surface area contributed by atoms with E-state index in [0.717, 1.165) is 21.7 Å². The van der Waals surface area contributed by atoms with Crippen LogP contribution in [0.2, 0.25) is 0 Å². The number of Topliss-reactive ketones (excluding diaryl/α,β-unsaturated/α-hetero) is 1. The normalized spacial score (nSPS) is 14.4. The lowest BCUT2D eigenvalue weighted by Crippen LogP contribution is -2.45. The molecule has 24 nitrogen and oxygen atoms in total. The highest BCUT2D eigenvalue weighted by atomic mass is 19.3. The van der Waals surface area contributed by atoms with Gasteiger partial charge in [0.25, 0.3) is 29.6 Å². The molecular formula is C65H79F2N13O11. The number of nitrogens with two attached hydrogens (primary N) is 2. The van der Waals surface area contributed by atoms with E-state index in [2.05, 4.69) is 41.5 Å². The summed E-state index contributed by atoms with van der Waals surface area (Å²) in [5, 5.41) is 15.2. The van der Waals surface area contributed by atoms with Gasteiger partial charge >= 0.3 is 12.1 Å². The Morgan fingerprint density at radius 3 is 2.18 bits per heavy atom. The number of amides is 10. The van der Waals surface area contributed by atoms with Crippen LogP contribution in [0.1, 0.15) is 128 Å². The van der Waals surface area contributed by atoms with E-state index in [4.69, 9.17) is 16.2 Å². The number of unbranched alkanes of at least 4 members (excludes halogenated alkanes) is 2. The number of nitrogens with zero attached hydrogens (tertiary/aromatic N) is 5. The van der Waals surface area contributed by atoms with Gasteiger partial charge in [-0.1, -0.05) is 50.6 Å². The minimum absolute atomic E-state index is 0.105. The molecule has 91 heavy (non-hydrogen) atoms. The van der Waals surface area contributed by atoms with E-state index in [1.165, 1.54) is 48.6 Å². The first-order valence-electron chi connectivity index (χ1n) is 30.4. The molecule has 0 aliphatic carbocycles. The number of primary amides is 1. The first-order chi connectivity index (χ1) is 43.5. The first-order valence-corrected chi connectivity index (χ1v) is 30.4. The molecule has 10 amide bonds. The average molecular weight is 1260 g/mol. The molecule has 0 unspecified atom stereocenters. The van der Waals surface area contributed by atoms with Crippen LogP contribution < -0.4 is 43.4 Å². The van der Waals surface area contributed by atoms with Crippen LogP contribution in [-0.4, -0.2) is 143 Å². The molecular weight excluding hydrogens is 1180 g/mol. The number of carbonyl (C=O) groups is 10. The fourth-order valence-corrected chi connectivity index (χ4v) is 10.5.